The van der Waals surface area contributed by atoms with Gasteiger partial charge in [-0.05, 0) is 62.7 Å². The summed E-state index contributed by atoms with van der Waals surface area (Å²) in [4.78, 5) is 15.0. The fourth-order valence-electron chi connectivity index (χ4n) is 4.78. The molecule has 0 amide bonds. The number of rotatable bonds is 7. The van der Waals surface area contributed by atoms with Gasteiger partial charge < -0.3 is 36.3 Å². The predicted octanol–water partition coefficient (Wildman–Crippen LogP) is 3.30. The lowest BCUT2D eigenvalue weighted by Gasteiger charge is -2.30. The van der Waals surface area contributed by atoms with Crippen LogP contribution in [0, 0.1) is 0 Å². The number of H-pyrrole nitrogens is 1. The Hall–Kier alpha value is -3.11. The van der Waals surface area contributed by atoms with Gasteiger partial charge in [-0.15, -0.1) is 0 Å². The molecular weight excluding hydrogens is 482 g/mol. The number of aromatic hydroxyl groups is 1. The van der Waals surface area contributed by atoms with Crippen LogP contribution >= 0.6 is 0 Å². The van der Waals surface area contributed by atoms with Crippen molar-refractivity contribution < 1.29 is 19.4 Å². The van der Waals surface area contributed by atoms with E-state index in [-0.39, 0.29) is 11.7 Å². The van der Waals surface area contributed by atoms with Crippen molar-refractivity contribution in [1.29, 1.82) is 0 Å². The number of phenolic OH excluding ortho intramolecular Hbond substituents is 1. The second-order valence-electron chi connectivity index (χ2n) is 9.47. The predicted molar refractivity (Wildman–Crippen MR) is 155 cm³/mol. The lowest BCUT2D eigenvalue weighted by atomic mass is 9.87. The van der Waals surface area contributed by atoms with Gasteiger partial charge in [0.2, 0.25) is 0 Å². The number of nitrogens with zero attached hydrogens (tertiary/aromatic N) is 1. The highest BCUT2D eigenvalue weighted by molar-refractivity contribution is 5.86. The second-order valence-corrected chi connectivity index (χ2v) is 9.47. The summed E-state index contributed by atoms with van der Waals surface area (Å²) < 4.78 is 11.1. The van der Waals surface area contributed by atoms with Crippen molar-refractivity contribution >= 4 is 23.9 Å². The average Bonchev–Trinajstić information content (AvgIpc) is 3.26. The van der Waals surface area contributed by atoms with Gasteiger partial charge in [-0.3, -0.25) is 9.69 Å². The first kappa shape index (κ1) is 31.1. The minimum absolute atomic E-state index is 0.165. The summed E-state index contributed by atoms with van der Waals surface area (Å²) in [5.74, 6) is 1.46. The van der Waals surface area contributed by atoms with Crippen molar-refractivity contribution in [2.45, 2.75) is 31.6 Å². The second kappa shape index (κ2) is 16.7. The molecule has 0 spiro atoms. The van der Waals surface area contributed by atoms with Crippen LogP contribution in [-0.4, -0.2) is 81.4 Å². The van der Waals surface area contributed by atoms with Crippen molar-refractivity contribution in [3.8, 4) is 5.75 Å². The molecule has 2 aliphatic heterocycles. The number of hydrogen-bond donors (Lipinski definition) is 5. The Morgan fingerprint density at radius 3 is 2.37 bits per heavy atom. The van der Waals surface area contributed by atoms with E-state index in [0.29, 0.717) is 29.3 Å². The van der Waals surface area contributed by atoms with Crippen molar-refractivity contribution in [1.82, 2.24) is 15.2 Å². The zero-order chi connectivity index (χ0) is 27.9. The van der Waals surface area contributed by atoms with Crippen molar-refractivity contribution in [3.05, 3.63) is 59.3 Å². The summed E-state index contributed by atoms with van der Waals surface area (Å²) in [6.45, 7) is 11.3. The fraction of sp³-hybridized carbons (Fsp3) is 0.483. The summed E-state index contributed by atoms with van der Waals surface area (Å²) in [5.41, 5.74) is 17.4. The van der Waals surface area contributed by atoms with Crippen LogP contribution < -0.4 is 16.8 Å². The Morgan fingerprint density at radius 1 is 1.21 bits per heavy atom. The van der Waals surface area contributed by atoms with Gasteiger partial charge in [0.15, 0.2) is 0 Å². The molecule has 1 atom stereocenters. The van der Waals surface area contributed by atoms with E-state index in [2.05, 4.69) is 28.7 Å². The Balaban J connectivity index is 0.000000650. The molecule has 1 aromatic heterocycles. The number of aldehydes is 1. The van der Waals surface area contributed by atoms with E-state index in [1.54, 1.807) is 12.1 Å². The summed E-state index contributed by atoms with van der Waals surface area (Å²) in [6, 6.07) is 7.12. The molecule has 3 heterocycles. The maximum Gasteiger partial charge on any atom is 0.142 e. The van der Waals surface area contributed by atoms with Crippen molar-refractivity contribution in [3.63, 3.8) is 0 Å². The number of morpholine rings is 1. The highest BCUT2D eigenvalue weighted by atomic mass is 16.5. The monoisotopic (exact) mass is 527 g/mol. The first-order valence-electron chi connectivity index (χ1n) is 13.2. The Morgan fingerprint density at radius 2 is 1.79 bits per heavy atom. The van der Waals surface area contributed by atoms with Crippen LogP contribution in [0.4, 0.5) is 5.82 Å². The number of nitrogens with two attached hydrogens (primary N) is 2. The molecule has 0 aliphatic carbocycles. The number of carbonyl (C=O) groups is 1. The highest BCUT2D eigenvalue weighted by Crippen LogP contribution is 2.39. The number of nitrogens with one attached hydrogen (secondary N) is 2. The number of benzene rings is 1. The summed E-state index contributed by atoms with van der Waals surface area (Å²) in [6.07, 6.45) is 5.71. The van der Waals surface area contributed by atoms with Crippen molar-refractivity contribution in [2.75, 3.05) is 65.9 Å². The summed E-state index contributed by atoms with van der Waals surface area (Å²) in [7, 11) is 3.75. The van der Waals surface area contributed by atoms with Crippen molar-refractivity contribution in [2.24, 2.45) is 5.73 Å². The SMILES string of the molecule is C=CC=O.CC(CN1CCOCC1)c1c(C2CCOCC2)[nH]c(N)c1/C=C(\N)c1ccccc1O.CNC. The van der Waals surface area contributed by atoms with E-state index in [0.717, 1.165) is 64.5 Å². The molecule has 2 aromatic rings. The number of ether oxygens (including phenoxy) is 2. The van der Waals surface area contributed by atoms with Gasteiger partial charge in [0.25, 0.3) is 0 Å². The number of allylic oxidation sites excluding steroid dienone is 1. The third kappa shape index (κ3) is 9.02. The molecular formula is C29H45N5O4. The average molecular weight is 528 g/mol. The van der Waals surface area contributed by atoms with Crippen LogP contribution in [0.3, 0.4) is 0 Å². The number of aromatic amines is 1. The van der Waals surface area contributed by atoms with Gasteiger partial charge in [-0.1, -0.05) is 25.6 Å². The first-order valence-corrected chi connectivity index (χ1v) is 13.2. The molecule has 210 valence electrons. The smallest absolute Gasteiger partial charge is 0.142 e. The van der Waals surface area contributed by atoms with E-state index in [4.69, 9.17) is 25.7 Å². The minimum Gasteiger partial charge on any atom is -0.507 e. The summed E-state index contributed by atoms with van der Waals surface area (Å²) in [5, 5.41) is 13.0. The largest absolute Gasteiger partial charge is 0.507 e. The zero-order valence-corrected chi connectivity index (χ0v) is 23.0. The summed E-state index contributed by atoms with van der Waals surface area (Å²) >= 11 is 0. The molecule has 9 heteroatoms. The van der Waals surface area contributed by atoms with Gasteiger partial charge in [-0.2, -0.15) is 0 Å². The number of nitrogen functional groups attached to an aromatic ring is 1. The van der Waals surface area contributed by atoms with Gasteiger partial charge in [0.05, 0.1) is 13.2 Å². The number of para-hydroxylation sites is 1. The number of aromatic nitrogens is 1. The first-order chi connectivity index (χ1) is 18.4. The van der Waals surface area contributed by atoms with Gasteiger partial charge in [0.1, 0.15) is 17.9 Å². The van der Waals surface area contributed by atoms with Gasteiger partial charge in [0, 0.05) is 61.3 Å². The van der Waals surface area contributed by atoms with E-state index >= 15 is 0 Å². The lowest BCUT2D eigenvalue weighted by Crippen LogP contribution is -2.38. The van der Waals surface area contributed by atoms with Crippen LogP contribution in [0.1, 0.15) is 54.0 Å². The van der Waals surface area contributed by atoms with E-state index in [1.165, 1.54) is 17.3 Å². The molecule has 0 bridgehead atoms. The third-order valence-electron chi connectivity index (χ3n) is 6.51. The Kier molecular flexibility index (Phi) is 13.7. The third-order valence-corrected chi connectivity index (χ3v) is 6.51. The number of phenols is 1. The quantitative estimate of drug-likeness (QED) is 0.273. The molecule has 1 unspecified atom stereocenters. The lowest BCUT2D eigenvalue weighted by molar-refractivity contribution is -0.104. The number of hydrogen-bond acceptors (Lipinski definition) is 8. The zero-order valence-electron chi connectivity index (χ0n) is 23.0. The van der Waals surface area contributed by atoms with Crippen LogP contribution in [0.2, 0.25) is 0 Å². The Labute approximate surface area is 226 Å². The molecule has 7 N–H and O–H groups in total. The van der Waals surface area contributed by atoms with Gasteiger partial charge in [-0.25, -0.2) is 0 Å². The topological polar surface area (TPSA) is 139 Å². The van der Waals surface area contributed by atoms with Crippen LogP contribution in [0.25, 0.3) is 11.8 Å². The Bertz CT molecular complexity index is 1020. The molecule has 1 aromatic carbocycles. The molecule has 2 aliphatic rings. The fourth-order valence-corrected chi connectivity index (χ4v) is 4.78. The number of anilines is 1. The van der Waals surface area contributed by atoms with E-state index in [9.17, 15) is 5.11 Å². The standard InChI is InChI=1S/C24H34N4O3.C3H4O.C2H7N/c1-16(15-28-8-12-31-13-9-28)22-19(14-20(25)18-4-2-3-5-21(18)29)24(26)27-23(22)17-6-10-30-11-7-17;1-2-3-4;1-3-2/h2-5,14,16-17,27,29H,6-13,15,25-26H2,1H3;2-3H,1H2;3H,1-2H3/b20-14-;;. The van der Waals surface area contributed by atoms with E-state index in [1.807, 2.05) is 32.3 Å². The van der Waals surface area contributed by atoms with Crippen LogP contribution in [0.5, 0.6) is 5.75 Å². The maximum atomic E-state index is 10.2. The van der Waals surface area contributed by atoms with Gasteiger partial charge >= 0.3 is 0 Å². The molecule has 2 fully saturated rings. The molecule has 38 heavy (non-hydrogen) atoms. The maximum absolute atomic E-state index is 10.2. The minimum atomic E-state index is 0.165. The molecule has 0 saturated carbocycles. The van der Waals surface area contributed by atoms with E-state index < -0.39 is 0 Å². The molecule has 2 saturated heterocycles. The molecule has 9 nitrogen and oxygen atoms in total. The molecule has 0 radical (unpaired) electrons. The van der Waals surface area contributed by atoms with Crippen LogP contribution in [-0.2, 0) is 14.3 Å². The highest BCUT2D eigenvalue weighted by Gasteiger charge is 2.28. The number of carbonyl (C=O) groups excluding carboxylic acids is 1. The molecule has 4 rings (SSSR count). The normalized spacial score (nSPS) is 17.4. The van der Waals surface area contributed by atoms with Crippen LogP contribution in [0.15, 0.2) is 36.9 Å².